The first-order valence-electron chi connectivity index (χ1n) is 10.5. The molecule has 2 aromatic heterocycles. The molecular weight excluding hydrogens is 451 g/mol. The van der Waals surface area contributed by atoms with Crippen molar-refractivity contribution in [2.75, 3.05) is 18.5 Å². The fourth-order valence-electron chi connectivity index (χ4n) is 3.21. The number of aromatic nitrogens is 3. The molecule has 0 atom stereocenters. The Labute approximate surface area is 194 Å². The molecule has 2 amide bonds. The maximum absolute atomic E-state index is 12.8. The summed E-state index contributed by atoms with van der Waals surface area (Å²) in [6.45, 7) is 5.74. The van der Waals surface area contributed by atoms with Gasteiger partial charge < -0.3 is 15.4 Å². The van der Waals surface area contributed by atoms with E-state index in [4.69, 9.17) is 4.74 Å². The van der Waals surface area contributed by atoms with Gasteiger partial charge in [0.05, 0.1) is 36.2 Å². The third kappa shape index (κ3) is 5.91. The minimum atomic E-state index is -4.51. The average molecular weight is 475 g/mol. The summed E-state index contributed by atoms with van der Waals surface area (Å²) in [5.41, 5.74) is 0.319. The second kappa shape index (κ2) is 10.4. The van der Waals surface area contributed by atoms with E-state index in [9.17, 15) is 22.8 Å². The fraction of sp³-hybridized carbons (Fsp3) is 0.304. The molecule has 0 aliphatic rings. The zero-order valence-corrected chi connectivity index (χ0v) is 18.8. The van der Waals surface area contributed by atoms with Gasteiger partial charge in [-0.3, -0.25) is 9.59 Å². The lowest BCUT2D eigenvalue weighted by molar-refractivity contribution is -0.137. The largest absolute Gasteiger partial charge is 0.494 e. The van der Waals surface area contributed by atoms with Crippen molar-refractivity contribution in [2.45, 2.75) is 32.9 Å². The normalized spacial score (nSPS) is 11.4. The van der Waals surface area contributed by atoms with Crippen LogP contribution < -0.4 is 15.4 Å². The third-order valence-corrected chi connectivity index (χ3v) is 4.75. The first kappa shape index (κ1) is 24.7. The van der Waals surface area contributed by atoms with Crippen LogP contribution in [0.25, 0.3) is 5.82 Å². The van der Waals surface area contributed by atoms with Crippen LogP contribution in [0, 0.1) is 0 Å². The van der Waals surface area contributed by atoms with Gasteiger partial charge in [-0.25, -0.2) is 9.67 Å². The number of nitrogens with one attached hydrogen (secondary N) is 2. The number of amides is 2. The van der Waals surface area contributed by atoms with Crippen molar-refractivity contribution in [3.63, 3.8) is 0 Å². The molecule has 0 unspecified atom stereocenters. The van der Waals surface area contributed by atoms with Crippen LogP contribution in [0.2, 0.25) is 0 Å². The van der Waals surface area contributed by atoms with E-state index in [1.807, 2.05) is 20.8 Å². The molecule has 2 N–H and O–H groups in total. The zero-order valence-electron chi connectivity index (χ0n) is 18.8. The third-order valence-electron chi connectivity index (χ3n) is 4.75. The van der Waals surface area contributed by atoms with E-state index >= 15 is 0 Å². The molecule has 180 valence electrons. The van der Waals surface area contributed by atoms with E-state index in [-0.39, 0.29) is 23.8 Å². The maximum atomic E-state index is 12.8. The van der Waals surface area contributed by atoms with Crippen LogP contribution in [0.4, 0.5) is 18.9 Å². The van der Waals surface area contributed by atoms with Gasteiger partial charge in [-0.05, 0) is 49.2 Å². The summed E-state index contributed by atoms with van der Waals surface area (Å²) >= 11 is 0. The summed E-state index contributed by atoms with van der Waals surface area (Å²) < 4.78 is 45.1. The van der Waals surface area contributed by atoms with Crippen molar-refractivity contribution in [3.05, 3.63) is 65.6 Å². The van der Waals surface area contributed by atoms with Crippen molar-refractivity contribution >= 4 is 17.5 Å². The van der Waals surface area contributed by atoms with Gasteiger partial charge in [-0.15, -0.1) is 0 Å². The SMILES string of the molecule is CCOc1ccc(NC(=O)CNC(=O)c2cnn(-c3ccc(C(F)(F)F)cn3)c2C(C)C)cc1. The van der Waals surface area contributed by atoms with Gasteiger partial charge >= 0.3 is 6.18 Å². The molecule has 3 aromatic rings. The molecule has 0 saturated carbocycles. The van der Waals surface area contributed by atoms with E-state index in [0.717, 1.165) is 6.07 Å². The van der Waals surface area contributed by atoms with Crippen molar-refractivity contribution in [3.8, 4) is 11.6 Å². The second-order valence-electron chi connectivity index (χ2n) is 7.60. The van der Waals surface area contributed by atoms with E-state index < -0.39 is 23.6 Å². The maximum Gasteiger partial charge on any atom is 0.417 e. The fourth-order valence-corrected chi connectivity index (χ4v) is 3.21. The highest BCUT2D eigenvalue weighted by Gasteiger charge is 2.31. The lowest BCUT2D eigenvalue weighted by Gasteiger charge is -2.13. The summed E-state index contributed by atoms with van der Waals surface area (Å²) in [5, 5.41) is 9.35. The van der Waals surface area contributed by atoms with Crippen molar-refractivity contribution in [1.82, 2.24) is 20.1 Å². The summed E-state index contributed by atoms with van der Waals surface area (Å²) in [5.74, 6) is -0.354. The van der Waals surface area contributed by atoms with Crippen LogP contribution in [0.5, 0.6) is 5.75 Å². The first-order valence-corrected chi connectivity index (χ1v) is 10.5. The molecule has 0 radical (unpaired) electrons. The van der Waals surface area contributed by atoms with Crippen molar-refractivity contribution in [1.29, 1.82) is 0 Å². The number of benzene rings is 1. The molecular formula is C23H24F3N5O3. The topological polar surface area (TPSA) is 98.1 Å². The van der Waals surface area contributed by atoms with Crippen molar-refractivity contribution < 1.29 is 27.5 Å². The van der Waals surface area contributed by atoms with Crippen LogP contribution in [-0.2, 0) is 11.0 Å². The Bertz CT molecular complexity index is 1140. The number of hydrogen-bond donors (Lipinski definition) is 2. The van der Waals surface area contributed by atoms with Gasteiger partial charge in [0.1, 0.15) is 5.75 Å². The number of ether oxygens (including phenoxy) is 1. The standard InChI is InChI=1S/C23H24F3N5O3/c1-4-34-17-8-6-16(7-9-17)30-20(32)13-28-22(33)18-12-29-31(21(18)14(2)3)19-10-5-15(11-27-19)23(24,25)26/h5-12,14H,4,13H2,1-3H3,(H,28,33)(H,30,32). The summed E-state index contributed by atoms with van der Waals surface area (Å²) in [6, 6.07) is 8.89. The van der Waals surface area contributed by atoms with Gasteiger partial charge in [-0.1, -0.05) is 13.8 Å². The number of carbonyl (C=O) groups excluding carboxylic acids is 2. The number of carbonyl (C=O) groups is 2. The Balaban J connectivity index is 1.69. The molecule has 3 rings (SSSR count). The monoisotopic (exact) mass is 475 g/mol. The van der Waals surface area contributed by atoms with Crippen LogP contribution in [0.1, 0.15) is 48.3 Å². The number of hydrogen-bond acceptors (Lipinski definition) is 5. The van der Waals surface area contributed by atoms with E-state index in [1.54, 1.807) is 24.3 Å². The van der Waals surface area contributed by atoms with E-state index in [0.29, 0.717) is 29.9 Å². The molecule has 1 aromatic carbocycles. The molecule has 11 heteroatoms. The van der Waals surface area contributed by atoms with Crippen molar-refractivity contribution in [2.24, 2.45) is 0 Å². The minimum absolute atomic E-state index is 0.143. The molecule has 0 aliphatic heterocycles. The summed E-state index contributed by atoms with van der Waals surface area (Å²) in [4.78, 5) is 28.8. The number of anilines is 1. The molecule has 34 heavy (non-hydrogen) atoms. The predicted octanol–water partition coefficient (Wildman–Crippen LogP) is 4.18. The molecule has 0 aliphatic carbocycles. The quantitative estimate of drug-likeness (QED) is 0.510. The molecule has 8 nitrogen and oxygen atoms in total. The lowest BCUT2D eigenvalue weighted by atomic mass is 10.1. The van der Waals surface area contributed by atoms with Crippen LogP contribution in [0.3, 0.4) is 0 Å². The Hall–Kier alpha value is -3.89. The van der Waals surface area contributed by atoms with E-state index in [2.05, 4.69) is 20.7 Å². The Morgan fingerprint density at radius 1 is 1.09 bits per heavy atom. The molecule has 0 bridgehead atoms. The van der Waals surface area contributed by atoms with E-state index in [1.165, 1.54) is 16.9 Å². The Kier molecular flexibility index (Phi) is 7.54. The number of rotatable bonds is 8. The number of halogens is 3. The number of alkyl halides is 3. The van der Waals surface area contributed by atoms with Gasteiger partial charge in [0.15, 0.2) is 5.82 Å². The van der Waals surface area contributed by atoms with Crippen LogP contribution in [-0.4, -0.2) is 39.7 Å². The van der Waals surface area contributed by atoms with Crippen LogP contribution >= 0.6 is 0 Å². The number of pyridine rings is 1. The highest BCUT2D eigenvalue weighted by molar-refractivity contribution is 6.00. The highest BCUT2D eigenvalue weighted by Crippen LogP contribution is 2.29. The molecule has 2 heterocycles. The van der Waals surface area contributed by atoms with Crippen LogP contribution in [0.15, 0.2) is 48.8 Å². The second-order valence-corrected chi connectivity index (χ2v) is 7.60. The molecule has 0 spiro atoms. The predicted molar refractivity (Wildman–Crippen MR) is 119 cm³/mol. The van der Waals surface area contributed by atoms with Gasteiger partial charge in [0.25, 0.3) is 5.91 Å². The molecule has 0 saturated heterocycles. The zero-order chi connectivity index (χ0) is 24.9. The van der Waals surface area contributed by atoms with Gasteiger partial charge in [0, 0.05) is 11.9 Å². The molecule has 0 fully saturated rings. The first-order chi connectivity index (χ1) is 16.1. The summed E-state index contributed by atoms with van der Waals surface area (Å²) in [6.07, 6.45) is -2.49. The van der Waals surface area contributed by atoms with Gasteiger partial charge in [-0.2, -0.15) is 18.3 Å². The Morgan fingerprint density at radius 3 is 2.35 bits per heavy atom. The Morgan fingerprint density at radius 2 is 1.79 bits per heavy atom. The minimum Gasteiger partial charge on any atom is -0.494 e. The number of nitrogens with zero attached hydrogens (tertiary/aromatic N) is 3. The smallest absolute Gasteiger partial charge is 0.417 e. The lowest BCUT2D eigenvalue weighted by Crippen LogP contribution is -2.33. The van der Waals surface area contributed by atoms with Gasteiger partial charge in [0.2, 0.25) is 5.91 Å². The average Bonchev–Trinajstić information content (AvgIpc) is 3.24. The highest BCUT2D eigenvalue weighted by atomic mass is 19.4. The summed E-state index contributed by atoms with van der Waals surface area (Å²) in [7, 11) is 0.